The van der Waals surface area contributed by atoms with Gasteiger partial charge in [0.15, 0.2) is 0 Å². The highest BCUT2D eigenvalue weighted by atomic mass is 19.4. The number of carbonyl (C=O) groups is 2. The van der Waals surface area contributed by atoms with Gasteiger partial charge in [-0.25, -0.2) is 0 Å². The first-order chi connectivity index (χ1) is 14.2. The zero-order valence-corrected chi connectivity index (χ0v) is 16.6. The molecule has 1 aliphatic carbocycles. The monoisotopic (exact) mass is 422 g/mol. The third-order valence-corrected chi connectivity index (χ3v) is 6.01. The predicted octanol–water partition coefficient (Wildman–Crippen LogP) is 3.05. The third kappa shape index (κ3) is 4.86. The summed E-state index contributed by atoms with van der Waals surface area (Å²) in [4.78, 5) is 27.9. The highest BCUT2D eigenvalue weighted by Crippen LogP contribution is 2.35. The van der Waals surface area contributed by atoms with E-state index in [2.05, 4.69) is 0 Å². The van der Waals surface area contributed by atoms with Gasteiger partial charge in [-0.2, -0.15) is 18.4 Å². The van der Waals surface area contributed by atoms with Gasteiger partial charge in [0.05, 0.1) is 23.7 Å². The van der Waals surface area contributed by atoms with Gasteiger partial charge in [-0.3, -0.25) is 9.59 Å². The molecule has 0 spiro atoms. The van der Waals surface area contributed by atoms with Crippen molar-refractivity contribution in [3.63, 3.8) is 0 Å². The number of benzene rings is 1. The molecule has 2 aliphatic rings. The van der Waals surface area contributed by atoms with Gasteiger partial charge in [-0.15, -0.1) is 0 Å². The van der Waals surface area contributed by atoms with Crippen molar-refractivity contribution in [2.24, 2.45) is 11.7 Å². The van der Waals surface area contributed by atoms with Crippen LogP contribution in [0.1, 0.15) is 49.7 Å². The molecule has 1 unspecified atom stereocenters. The summed E-state index contributed by atoms with van der Waals surface area (Å²) >= 11 is 0. The molecule has 0 aromatic heterocycles. The molecule has 1 saturated carbocycles. The Morgan fingerprint density at radius 2 is 1.87 bits per heavy atom. The van der Waals surface area contributed by atoms with E-state index in [0.717, 1.165) is 37.8 Å². The zero-order valence-electron chi connectivity index (χ0n) is 16.6. The van der Waals surface area contributed by atoms with Gasteiger partial charge in [0, 0.05) is 25.2 Å². The predicted molar refractivity (Wildman–Crippen MR) is 104 cm³/mol. The van der Waals surface area contributed by atoms with Crippen LogP contribution < -0.4 is 10.6 Å². The molecule has 6 nitrogen and oxygen atoms in total. The van der Waals surface area contributed by atoms with Crippen LogP contribution in [0, 0.1) is 17.2 Å². The molecule has 1 heterocycles. The Bertz CT molecular complexity index is 844. The average Bonchev–Trinajstić information content (AvgIpc) is 2.73. The lowest BCUT2D eigenvalue weighted by molar-refractivity contribution is -0.137. The van der Waals surface area contributed by atoms with Crippen LogP contribution in [0.2, 0.25) is 0 Å². The molecule has 1 aromatic rings. The maximum absolute atomic E-state index is 13.3. The number of nitrogens with zero attached hydrogens (tertiary/aromatic N) is 3. The number of piperazine rings is 1. The first-order valence-corrected chi connectivity index (χ1v) is 10.2. The smallest absolute Gasteiger partial charge is 0.368 e. The van der Waals surface area contributed by atoms with E-state index in [1.54, 1.807) is 11.0 Å². The largest absolute Gasteiger partial charge is 0.417 e. The van der Waals surface area contributed by atoms with E-state index in [9.17, 15) is 22.8 Å². The van der Waals surface area contributed by atoms with Gasteiger partial charge in [0.25, 0.3) is 0 Å². The minimum Gasteiger partial charge on any atom is -0.368 e. The molecule has 0 radical (unpaired) electrons. The standard InChI is InChI=1S/C21H25F3N4O2/c22-21(23,24)17-11-16(7-6-15(17)12-25)28-9-8-27(13-18(28)20(26)30)19(29)10-14-4-2-1-3-5-14/h6-7,11,14,18H,1-5,8-10,13H2,(H2,26,30). The molecule has 162 valence electrons. The number of nitrogens with two attached hydrogens (primary N) is 1. The molecule has 1 aliphatic heterocycles. The maximum Gasteiger partial charge on any atom is 0.417 e. The Hall–Kier alpha value is -2.76. The van der Waals surface area contributed by atoms with Crippen LogP contribution in [0.3, 0.4) is 0 Å². The van der Waals surface area contributed by atoms with E-state index in [1.807, 2.05) is 0 Å². The van der Waals surface area contributed by atoms with Gasteiger partial charge in [-0.1, -0.05) is 19.3 Å². The lowest BCUT2D eigenvalue weighted by Gasteiger charge is -2.42. The van der Waals surface area contributed by atoms with Crippen molar-refractivity contribution in [3.8, 4) is 6.07 Å². The van der Waals surface area contributed by atoms with E-state index < -0.39 is 29.3 Å². The Labute approximate surface area is 173 Å². The molecule has 1 atom stereocenters. The lowest BCUT2D eigenvalue weighted by Crippen LogP contribution is -2.59. The topological polar surface area (TPSA) is 90.4 Å². The van der Waals surface area contributed by atoms with E-state index in [4.69, 9.17) is 11.0 Å². The van der Waals surface area contributed by atoms with E-state index >= 15 is 0 Å². The number of hydrogen-bond donors (Lipinski definition) is 1. The summed E-state index contributed by atoms with van der Waals surface area (Å²) in [6, 6.07) is 3.96. The van der Waals surface area contributed by atoms with Crippen molar-refractivity contribution in [1.29, 1.82) is 5.26 Å². The highest BCUT2D eigenvalue weighted by Gasteiger charge is 2.37. The number of primary amides is 1. The minimum absolute atomic E-state index is 0.0383. The van der Waals surface area contributed by atoms with Gasteiger partial charge in [0.2, 0.25) is 11.8 Å². The molecular formula is C21H25F3N4O2. The number of nitriles is 1. The normalized spacial score (nSPS) is 20.7. The Balaban J connectivity index is 1.77. The number of hydrogen-bond acceptors (Lipinski definition) is 4. The molecule has 1 aromatic carbocycles. The molecule has 30 heavy (non-hydrogen) atoms. The quantitative estimate of drug-likeness (QED) is 0.808. The number of anilines is 1. The van der Waals surface area contributed by atoms with Crippen LogP contribution in [0.25, 0.3) is 0 Å². The molecular weight excluding hydrogens is 397 g/mol. The van der Waals surface area contributed by atoms with Crippen LogP contribution in [-0.4, -0.2) is 42.4 Å². The van der Waals surface area contributed by atoms with Gasteiger partial charge >= 0.3 is 6.18 Å². The van der Waals surface area contributed by atoms with E-state index in [-0.39, 0.29) is 24.7 Å². The average molecular weight is 422 g/mol. The summed E-state index contributed by atoms with van der Waals surface area (Å²) < 4.78 is 39.9. The SMILES string of the molecule is N#Cc1ccc(N2CCN(C(=O)CC3CCCCC3)CC2C(N)=O)cc1C(F)(F)F. The highest BCUT2D eigenvalue weighted by molar-refractivity contribution is 5.86. The van der Waals surface area contributed by atoms with Crippen LogP contribution >= 0.6 is 0 Å². The fourth-order valence-corrected chi connectivity index (χ4v) is 4.37. The van der Waals surface area contributed by atoms with Crippen LogP contribution in [-0.2, 0) is 15.8 Å². The van der Waals surface area contributed by atoms with Gasteiger partial charge in [-0.05, 0) is 37.0 Å². The summed E-state index contributed by atoms with van der Waals surface area (Å²) in [7, 11) is 0. The first kappa shape index (κ1) is 21.9. The number of carbonyl (C=O) groups excluding carboxylic acids is 2. The lowest BCUT2D eigenvalue weighted by atomic mass is 9.86. The molecule has 3 rings (SSSR count). The molecule has 2 amide bonds. The van der Waals surface area contributed by atoms with Crippen molar-refractivity contribution in [2.75, 3.05) is 24.5 Å². The Kier molecular flexibility index (Phi) is 6.54. The van der Waals surface area contributed by atoms with Crippen molar-refractivity contribution in [3.05, 3.63) is 29.3 Å². The van der Waals surface area contributed by atoms with E-state index in [0.29, 0.717) is 18.9 Å². The second-order valence-corrected chi connectivity index (χ2v) is 8.00. The van der Waals surface area contributed by atoms with Crippen molar-refractivity contribution < 1.29 is 22.8 Å². The van der Waals surface area contributed by atoms with Crippen molar-refractivity contribution in [2.45, 2.75) is 50.7 Å². The maximum atomic E-state index is 13.3. The summed E-state index contributed by atoms with van der Waals surface area (Å²) in [6.45, 7) is 0.534. The summed E-state index contributed by atoms with van der Waals surface area (Å²) in [5, 5.41) is 8.97. The zero-order chi connectivity index (χ0) is 21.9. The Morgan fingerprint density at radius 3 is 2.47 bits per heavy atom. The van der Waals surface area contributed by atoms with Gasteiger partial charge in [0.1, 0.15) is 6.04 Å². The first-order valence-electron chi connectivity index (χ1n) is 10.2. The fraction of sp³-hybridized carbons (Fsp3) is 0.571. The summed E-state index contributed by atoms with van der Waals surface area (Å²) in [5.74, 6) is -0.393. The van der Waals surface area contributed by atoms with Crippen molar-refractivity contribution in [1.82, 2.24) is 4.90 Å². The number of halogens is 3. The fourth-order valence-electron chi connectivity index (χ4n) is 4.37. The summed E-state index contributed by atoms with van der Waals surface area (Å²) in [5.41, 5.74) is 4.15. The number of alkyl halides is 3. The minimum atomic E-state index is -4.69. The van der Waals surface area contributed by atoms with Crippen molar-refractivity contribution >= 4 is 17.5 Å². The Morgan fingerprint density at radius 1 is 1.17 bits per heavy atom. The molecule has 9 heteroatoms. The summed E-state index contributed by atoms with van der Waals surface area (Å²) in [6.07, 6.45) is 1.22. The van der Waals surface area contributed by atoms with Gasteiger partial charge < -0.3 is 15.5 Å². The molecule has 0 bridgehead atoms. The second kappa shape index (κ2) is 8.94. The number of rotatable bonds is 4. The molecule has 2 fully saturated rings. The van der Waals surface area contributed by atoms with Crippen LogP contribution in [0.15, 0.2) is 18.2 Å². The number of amides is 2. The molecule has 1 saturated heterocycles. The van der Waals surface area contributed by atoms with Crippen LogP contribution in [0.5, 0.6) is 0 Å². The third-order valence-electron chi connectivity index (χ3n) is 6.01. The molecule has 2 N–H and O–H groups in total. The van der Waals surface area contributed by atoms with Crippen LogP contribution in [0.4, 0.5) is 18.9 Å². The second-order valence-electron chi connectivity index (χ2n) is 8.00. The van der Waals surface area contributed by atoms with E-state index in [1.165, 1.54) is 17.4 Å².